The molecule has 0 aromatic carbocycles. The third kappa shape index (κ3) is 4.65. The number of carbonyl (C=O) groups excluding carboxylic acids is 2. The van der Waals surface area contributed by atoms with Crippen LogP contribution in [0, 0.1) is 5.92 Å². The average Bonchev–Trinajstić information content (AvgIpc) is 2.88. The molecular weight excluding hydrogens is 168 g/mol. The summed E-state index contributed by atoms with van der Waals surface area (Å²) >= 11 is 0. The number of ketones is 1. The molecule has 0 aromatic rings. The molecular formula is C10H16O3. The smallest absolute Gasteiger partial charge is 0.313 e. The maximum absolute atomic E-state index is 11.1. The summed E-state index contributed by atoms with van der Waals surface area (Å²) in [7, 11) is 1.31. The van der Waals surface area contributed by atoms with E-state index in [-0.39, 0.29) is 12.2 Å². The van der Waals surface area contributed by atoms with Crippen LogP contribution in [0.4, 0.5) is 0 Å². The highest BCUT2D eigenvalue weighted by Crippen LogP contribution is 2.33. The van der Waals surface area contributed by atoms with Crippen LogP contribution in [-0.2, 0) is 14.3 Å². The molecule has 13 heavy (non-hydrogen) atoms. The third-order valence-corrected chi connectivity index (χ3v) is 2.33. The van der Waals surface area contributed by atoms with Crippen molar-refractivity contribution in [3.05, 3.63) is 0 Å². The normalized spacial score (nSPS) is 15.5. The van der Waals surface area contributed by atoms with Gasteiger partial charge in [0, 0.05) is 6.42 Å². The van der Waals surface area contributed by atoms with Gasteiger partial charge in [0.2, 0.25) is 0 Å². The van der Waals surface area contributed by atoms with Crippen LogP contribution in [0.3, 0.4) is 0 Å². The first-order valence-corrected chi connectivity index (χ1v) is 4.81. The monoisotopic (exact) mass is 184 g/mol. The quantitative estimate of drug-likeness (QED) is 0.466. The summed E-state index contributed by atoms with van der Waals surface area (Å²) in [6, 6.07) is 0. The van der Waals surface area contributed by atoms with Crippen molar-refractivity contribution in [1.29, 1.82) is 0 Å². The lowest BCUT2D eigenvalue weighted by Crippen LogP contribution is -2.08. The lowest BCUT2D eigenvalue weighted by Gasteiger charge is -1.98. The lowest BCUT2D eigenvalue weighted by molar-refractivity contribution is -0.143. The van der Waals surface area contributed by atoms with Gasteiger partial charge >= 0.3 is 5.97 Å². The number of methoxy groups -OCH3 is 1. The van der Waals surface area contributed by atoms with Crippen LogP contribution in [0.2, 0.25) is 0 Å². The molecule has 1 aliphatic carbocycles. The van der Waals surface area contributed by atoms with Crippen LogP contribution < -0.4 is 0 Å². The van der Waals surface area contributed by atoms with Crippen molar-refractivity contribution >= 4 is 11.8 Å². The van der Waals surface area contributed by atoms with Gasteiger partial charge in [-0.05, 0) is 12.3 Å². The number of esters is 1. The summed E-state index contributed by atoms with van der Waals surface area (Å²) in [4.78, 5) is 21.8. The fourth-order valence-corrected chi connectivity index (χ4v) is 1.32. The molecule has 0 aromatic heterocycles. The Morgan fingerprint density at radius 1 is 1.38 bits per heavy atom. The van der Waals surface area contributed by atoms with Gasteiger partial charge in [-0.3, -0.25) is 9.59 Å². The number of ether oxygens (including phenoxy) is 1. The number of Topliss-reactive ketones (excluding diaryl/α,β-unsaturated/α-hetero) is 1. The molecule has 3 nitrogen and oxygen atoms in total. The van der Waals surface area contributed by atoms with Crippen molar-refractivity contribution in [3.63, 3.8) is 0 Å². The highest BCUT2D eigenvalue weighted by Gasteiger charge is 2.20. The molecule has 3 heteroatoms. The molecule has 0 saturated heterocycles. The molecule has 0 unspecified atom stereocenters. The van der Waals surface area contributed by atoms with Gasteiger partial charge in [-0.2, -0.15) is 0 Å². The van der Waals surface area contributed by atoms with Crippen LogP contribution >= 0.6 is 0 Å². The van der Waals surface area contributed by atoms with Crippen LogP contribution in [-0.4, -0.2) is 18.9 Å². The van der Waals surface area contributed by atoms with Gasteiger partial charge in [0.25, 0.3) is 0 Å². The minimum absolute atomic E-state index is 0.00694. The topological polar surface area (TPSA) is 43.4 Å². The number of hydrogen-bond donors (Lipinski definition) is 0. The summed E-state index contributed by atoms with van der Waals surface area (Å²) < 4.78 is 4.40. The molecule has 0 atom stereocenters. The third-order valence-electron chi connectivity index (χ3n) is 2.33. The molecule has 0 bridgehead atoms. The van der Waals surface area contributed by atoms with Crippen LogP contribution in [0.1, 0.15) is 38.5 Å². The van der Waals surface area contributed by atoms with E-state index < -0.39 is 5.97 Å². The minimum atomic E-state index is -0.420. The highest BCUT2D eigenvalue weighted by molar-refractivity contribution is 5.95. The number of hydrogen-bond acceptors (Lipinski definition) is 3. The van der Waals surface area contributed by atoms with E-state index in [9.17, 15) is 9.59 Å². The van der Waals surface area contributed by atoms with Crippen molar-refractivity contribution in [2.24, 2.45) is 5.92 Å². The van der Waals surface area contributed by atoms with Gasteiger partial charge in [0.1, 0.15) is 12.2 Å². The molecule has 0 amide bonds. The molecule has 1 fully saturated rings. The van der Waals surface area contributed by atoms with E-state index in [1.165, 1.54) is 20.0 Å². The number of carbonyl (C=O) groups is 2. The molecule has 74 valence electrons. The van der Waals surface area contributed by atoms with Gasteiger partial charge < -0.3 is 4.74 Å². The second kappa shape index (κ2) is 5.00. The van der Waals surface area contributed by atoms with Crippen LogP contribution in [0.15, 0.2) is 0 Å². The molecule has 1 saturated carbocycles. The van der Waals surface area contributed by atoms with Crippen molar-refractivity contribution in [3.8, 4) is 0 Å². The lowest BCUT2D eigenvalue weighted by atomic mass is 10.1. The Bertz CT molecular complexity index is 194. The van der Waals surface area contributed by atoms with Crippen molar-refractivity contribution < 1.29 is 14.3 Å². The summed E-state index contributed by atoms with van der Waals surface area (Å²) in [6.07, 6.45) is 5.20. The van der Waals surface area contributed by atoms with E-state index >= 15 is 0 Å². The fraction of sp³-hybridized carbons (Fsp3) is 0.800. The first-order valence-electron chi connectivity index (χ1n) is 4.81. The van der Waals surface area contributed by atoms with E-state index in [0.29, 0.717) is 6.42 Å². The molecule has 0 aliphatic heterocycles. The zero-order valence-corrected chi connectivity index (χ0v) is 8.04. The Morgan fingerprint density at radius 3 is 2.62 bits per heavy atom. The Morgan fingerprint density at radius 2 is 2.08 bits per heavy atom. The van der Waals surface area contributed by atoms with Crippen LogP contribution in [0.25, 0.3) is 0 Å². The summed E-state index contributed by atoms with van der Waals surface area (Å²) in [5, 5.41) is 0. The van der Waals surface area contributed by atoms with E-state index in [1.807, 2.05) is 0 Å². The van der Waals surface area contributed by atoms with Gasteiger partial charge in [0.05, 0.1) is 7.11 Å². The van der Waals surface area contributed by atoms with Gasteiger partial charge in [-0.15, -0.1) is 0 Å². The summed E-state index contributed by atoms with van der Waals surface area (Å²) in [6.45, 7) is 0. The first-order chi connectivity index (χ1) is 6.22. The zero-order valence-electron chi connectivity index (χ0n) is 8.04. The Kier molecular flexibility index (Phi) is 3.93. The maximum Gasteiger partial charge on any atom is 0.313 e. The predicted molar refractivity (Wildman–Crippen MR) is 48.2 cm³/mol. The summed E-state index contributed by atoms with van der Waals surface area (Å²) in [5.74, 6) is 0.454. The summed E-state index contributed by atoms with van der Waals surface area (Å²) in [5.41, 5.74) is 0. The highest BCUT2D eigenvalue weighted by atomic mass is 16.5. The molecule has 1 rings (SSSR count). The zero-order chi connectivity index (χ0) is 9.68. The Labute approximate surface area is 78.5 Å². The number of rotatable bonds is 6. The molecule has 0 radical (unpaired) electrons. The molecule has 1 aliphatic rings. The van der Waals surface area contributed by atoms with Gasteiger partial charge in [-0.1, -0.05) is 19.3 Å². The molecule has 0 spiro atoms. The Hall–Kier alpha value is -0.860. The second-order valence-corrected chi connectivity index (χ2v) is 3.63. The van der Waals surface area contributed by atoms with Crippen molar-refractivity contribution in [1.82, 2.24) is 0 Å². The van der Waals surface area contributed by atoms with Crippen molar-refractivity contribution in [2.75, 3.05) is 7.11 Å². The SMILES string of the molecule is COC(=O)CC(=O)CCCC1CC1. The van der Waals surface area contributed by atoms with Crippen LogP contribution in [0.5, 0.6) is 0 Å². The largest absolute Gasteiger partial charge is 0.469 e. The molecule has 0 N–H and O–H groups in total. The van der Waals surface area contributed by atoms with E-state index in [4.69, 9.17) is 0 Å². The average molecular weight is 184 g/mol. The fourth-order valence-electron chi connectivity index (χ4n) is 1.32. The second-order valence-electron chi connectivity index (χ2n) is 3.63. The molecule has 0 heterocycles. The van der Waals surface area contributed by atoms with Gasteiger partial charge in [0.15, 0.2) is 0 Å². The van der Waals surface area contributed by atoms with E-state index in [0.717, 1.165) is 18.8 Å². The van der Waals surface area contributed by atoms with Crippen molar-refractivity contribution in [2.45, 2.75) is 38.5 Å². The van der Waals surface area contributed by atoms with E-state index in [2.05, 4.69) is 4.74 Å². The van der Waals surface area contributed by atoms with E-state index in [1.54, 1.807) is 0 Å². The maximum atomic E-state index is 11.1. The van der Waals surface area contributed by atoms with Gasteiger partial charge in [-0.25, -0.2) is 0 Å². The minimum Gasteiger partial charge on any atom is -0.469 e. The Balaban J connectivity index is 1.99. The predicted octanol–water partition coefficient (Wildman–Crippen LogP) is 1.70. The standard InChI is InChI=1S/C10H16O3/c1-13-10(12)7-9(11)4-2-3-8-5-6-8/h8H,2-7H2,1H3. The first kappa shape index (κ1) is 10.2.